The van der Waals surface area contributed by atoms with E-state index in [4.69, 9.17) is 11.6 Å². The van der Waals surface area contributed by atoms with Crippen LogP contribution in [-0.2, 0) is 0 Å². The van der Waals surface area contributed by atoms with Crippen LogP contribution in [0, 0.1) is 6.92 Å². The summed E-state index contributed by atoms with van der Waals surface area (Å²) in [6.07, 6.45) is 2.10. The summed E-state index contributed by atoms with van der Waals surface area (Å²) in [5.74, 6) is 1.49. The third kappa shape index (κ3) is 2.21. The Hall–Kier alpha value is -0.870. The number of aliphatic hydroxyl groups excluding tert-OH is 1. The zero-order valence-corrected chi connectivity index (χ0v) is 9.41. The van der Waals surface area contributed by atoms with Crippen molar-refractivity contribution in [3.05, 3.63) is 17.0 Å². The summed E-state index contributed by atoms with van der Waals surface area (Å²) in [6, 6.07) is 1.93. The summed E-state index contributed by atoms with van der Waals surface area (Å²) >= 11 is 5.88. The molecule has 1 aromatic heterocycles. The van der Waals surface area contributed by atoms with Crippen LogP contribution in [0.25, 0.3) is 0 Å². The number of aliphatic hydroxyl groups is 1. The molecule has 1 aliphatic rings. The smallest absolute Gasteiger partial charge is 0.134 e. The average molecular weight is 228 g/mol. The van der Waals surface area contributed by atoms with E-state index in [1.54, 1.807) is 6.07 Å². The quantitative estimate of drug-likeness (QED) is 0.776. The Kier molecular flexibility index (Phi) is 3.07. The molecule has 0 amide bonds. The lowest BCUT2D eigenvalue weighted by Gasteiger charge is -2.24. The fourth-order valence-corrected chi connectivity index (χ4v) is 2.21. The van der Waals surface area contributed by atoms with Crippen molar-refractivity contribution in [3.8, 4) is 0 Å². The molecule has 0 unspecified atom stereocenters. The fourth-order valence-electron chi connectivity index (χ4n) is 1.99. The van der Waals surface area contributed by atoms with E-state index in [1.807, 2.05) is 6.92 Å². The van der Waals surface area contributed by atoms with Gasteiger partial charge in [-0.25, -0.2) is 9.97 Å². The van der Waals surface area contributed by atoms with Crippen LogP contribution < -0.4 is 4.90 Å². The minimum Gasteiger partial charge on any atom is -0.394 e. The van der Waals surface area contributed by atoms with Crippen molar-refractivity contribution >= 4 is 17.4 Å². The second-order valence-electron chi connectivity index (χ2n) is 3.77. The van der Waals surface area contributed by atoms with Crippen molar-refractivity contribution < 1.29 is 5.11 Å². The largest absolute Gasteiger partial charge is 0.394 e. The predicted molar refractivity (Wildman–Crippen MR) is 59.2 cm³/mol. The molecule has 15 heavy (non-hydrogen) atoms. The third-order valence-electron chi connectivity index (χ3n) is 2.68. The van der Waals surface area contributed by atoms with Gasteiger partial charge in [0.05, 0.1) is 12.6 Å². The van der Waals surface area contributed by atoms with Gasteiger partial charge in [-0.15, -0.1) is 0 Å². The normalized spacial score (nSPS) is 21.0. The molecule has 5 heteroatoms. The summed E-state index contributed by atoms with van der Waals surface area (Å²) < 4.78 is 0. The molecular formula is C10H14ClN3O. The highest BCUT2D eigenvalue weighted by Gasteiger charge is 2.25. The lowest BCUT2D eigenvalue weighted by atomic mass is 10.2. The van der Waals surface area contributed by atoms with Crippen LogP contribution in [-0.4, -0.2) is 34.3 Å². The van der Waals surface area contributed by atoms with Crippen LogP contribution in [0.4, 0.5) is 5.82 Å². The maximum absolute atomic E-state index is 9.22. The summed E-state index contributed by atoms with van der Waals surface area (Å²) in [4.78, 5) is 10.5. The number of rotatable bonds is 2. The third-order valence-corrected chi connectivity index (χ3v) is 2.87. The molecule has 1 aromatic rings. The van der Waals surface area contributed by atoms with Crippen LogP contribution in [0.2, 0.25) is 5.15 Å². The highest BCUT2D eigenvalue weighted by atomic mass is 35.5. The van der Waals surface area contributed by atoms with Gasteiger partial charge in [0.2, 0.25) is 0 Å². The van der Waals surface area contributed by atoms with E-state index < -0.39 is 0 Å². The molecule has 1 fully saturated rings. The van der Waals surface area contributed by atoms with E-state index in [2.05, 4.69) is 14.9 Å². The Bertz CT molecular complexity index is 338. The Labute approximate surface area is 93.9 Å². The SMILES string of the molecule is Cc1nc(Cl)cc(N2CCC[C@@H]2CO)n1. The molecule has 4 nitrogen and oxygen atoms in total. The minimum absolute atomic E-state index is 0.167. The van der Waals surface area contributed by atoms with Gasteiger partial charge in [0, 0.05) is 12.6 Å². The van der Waals surface area contributed by atoms with Crippen LogP contribution >= 0.6 is 11.6 Å². The maximum Gasteiger partial charge on any atom is 0.134 e. The molecule has 0 spiro atoms. The lowest BCUT2D eigenvalue weighted by Crippen LogP contribution is -2.32. The summed E-state index contributed by atoms with van der Waals surface area (Å²) in [5.41, 5.74) is 0. The zero-order chi connectivity index (χ0) is 10.8. The first kappa shape index (κ1) is 10.6. The number of hydrogen-bond donors (Lipinski definition) is 1. The molecule has 0 saturated carbocycles. The standard InChI is InChI=1S/C10H14ClN3O/c1-7-12-9(11)5-10(13-7)14-4-2-3-8(14)6-15/h5,8,15H,2-4,6H2,1H3/t8-/m1/s1. The maximum atomic E-state index is 9.22. The van der Waals surface area contributed by atoms with Crippen LogP contribution in [0.3, 0.4) is 0 Å². The number of hydrogen-bond acceptors (Lipinski definition) is 4. The topological polar surface area (TPSA) is 49.2 Å². The molecule has 82 valence electrons. The summed E-state index contributed by atoms with van der Waals surface area (Å²) in [5, 5.41) is 9.68. The fraction of sp³-hybridized carbons (Fsp3) is 0.600. The number of aryl methyl sites for hydroxylation is 1. The predicted octanol–water partition coefficient (Wildman–Crippen LogP) is 1.40. The molecule has 1 atom stereocenters. The first-order valence-electron chi connectivity index (χ1n) is 5.09. The number of halogens is 1. The first-order chi connectivity index (χ1) is 7.20. The Morgan fingerprint density at radius 1 is 1.60 bits per heavy atom. The highest BCUT2D eigenvalue weighted by molar-refractivity contribution is 6.29. The molecule has 0 bridgehead atoms. The van der Waals surface area contributed by atoms with Crippen LogP contribution in [0.15, 0.2) is 6.07 Å². The van der Waals surface area contributed by atoms with Gasteiger partial charge < -0.3 is 10.0 Å². The van der Waals surface area contributed by atoms with Crippen molar-refractivity contribution in [2.24, 2.45) is 0 Å². The zero-order valence-electron chi connectivity index (χ0n) is 8.65. The van der Waals surface area contributed by atoms with Gasteiger partial charge in [-0.2, -0.15) is 0 Å². The molecule has 1 aliphatic heterocycles. The average Bonchev–Trinajstić information content (AvgIpc) is 2.63. The van der Waals surface area contributed by atoms with E-state index in [1.165, 1.54) is 0 Å². The van der Waals surface area contributed by atoms with Gasteiger partial charge in [0.25, 0.3) is 0 Å². The number of anilines is 1. The second kappa shape index (κ2) is 4.33. The Morgan fingerprint density at radius 2 is 2.40 bits per heavy atom. The van der Waals surface area contributed by atoms with Gasteiger partial charge >= 0.3 is 0 Å². The van der Waals surface area contributed by atoms with E-state index in [-0.39, 0.29) is 12.6 Å². The molecule has 2 rings (SSSR count). The van der Waals surface area contributed by atoms with Gasteiger partial charge in [-0.3, -0.25) is 0 Å². The van der Waals surface area contributed by atoms with Crippen molar-refractivity contribution in [2.45, 2.75) is 25.8 Å². The monoisotopic (exact) mass is 227 g/mol. The number of nitrogens with zero attached hydrogens (tertiary/aromatic N) is 3. The minimum atomic E-state index is 0.167. The van der Waals surface area contributed by atoms with Gasteiger partial charge in [-0.05, 0) is 19.8 Å². The molecule has 0 aliphatic carbocycles. The lowest BCUT2D eigenvalue weighted by molar-refractivity contribution is 0.266. The van der Waals surface area contributed by atoms with Gasteiger partial charge in [-0.1, -0.05) is 11.6 Å². The van der Waals surface area contributed by atoms with Gasteiger partial charge in [0.1, 0.15) is 16.8 Å². The van der Waals surface area contributed by atoms with E-state index in [0.29, 0.717) is 11.0 Å². The molecule has 0 aromatic carbocycles. The van der Waals surface area contributed by atoms with Gasteiger partial charge in [0.15, 0.2) is 0 Å². The Morgan fingerprint density at radius 3 is 3.07 bits per heavy atom. The van der Waals surface area contributed by atoms with Crippen LogP contribution in [0.5, 0.6) is 0 Å². The van der Waals surface area contributed by atoms with E-state index >= 15 is 0 Å². The second-order valence-corrected chi connectivity index (χ2v) is 4.16. The molecule has 1 N–H and O–H groups in total. The highest BCUT2D eigenvalue weighted by Crippen LogP contribution is 2.25. The van der Waals surface area contributed by atoms with Crippen molar-refractivity contribution in [1.82, 2.24) is 9.97 Å². The van der Waals surface area contributed by atoms with E-state index in [9.17, 15) is 5.11 Å². The number of aromatic nitrogens is 2. The molecule has 2 heterocycles. The summed E-state index contributed by atoms with van der Waals surface area (Å²) in [6.45, 7) is 2.91. The molecule has 1 saturated heterocycles. The van der Waals surface area contributed by atoms with Crippen molar-refractivity contribution in [3.63, 3.8) is 0 Å². The van der Waals surface area contributed by atoms with E-state index in [0.717, 1.165) is 25.2 Å². The first-order valence-corrected chi connectivity index (χ1v) is 5.47. The van der Waals surface area contributed by atoms with Crippen LogP contribution in [0.1, 0.15) is 18.7 Å². The Balaban J connectivity index is 2.28. The van der Waals surface area contributed by atoms with Crippen molar-refractivity contribution in [2.75, 3.05) is 18.1 Å². The molecular weight excluding hydrogens is 214 g/mol. The summed E-state index contributed by atoms with van der Waals surface area (Å²) in [7, 11) is 0. The van der Waals surface area contributed by atoms with Crippen molar-refractivity contribution in [1.29, 1.82) is 0 Å². The molecule has 0 radical (unpaired) electrons.